The van der Waals surface area contributed by atoms with Crippen LogP contribution in [0.5, 0.6) is 5.75 Å². The van der Waals surface area contributed by atoms with Crippen molar-refractivity contribution in [2.45, 2.75) is 6.54 Å². The molecule has 9 nitrogen and oxygen atoms in total. The number of nitrogens with one attached hydrogen (secondary N) is 1. The van der Waals surface area contributed by atoms with Crippen molar-refractivity contribution in [2.75, 3.05) is 33.3 Å². The summed E-state index contributed by atoms with van der Waals surface area (Å²) in [7, 11) is 1.62. The molecule has 1 amide bonds. The standard InChI is InChI=1S/C18H20N4O5/c1-27-15-4-2-13(3-5-15)12-20-6-8-21(9-7-20)18(24)16-10-14(22(25)26)11-19-17(16)23/h2-5,10-11H,6-9,12H2,1H3,(H,19,23). The third kappa shape index (κ3) is 4.32. The number of rotatable bonds is 5. The maximum absolute atomic E-state index is 12.6. The second-order valence-electron chi connectivity index (χ2n) is 6.27. The van der Waals surface area contributed by atoms with Crippen molar-refractivity contribution in [2.24, 2.45) is 0 Å². The van der Waals surface area contributed by atoms with Crippen molar-refractivity contribution in [3.05, 3.63) is 68.1 Å². The summed E-state index contributed by atoms with van der Waals surface area (Å²) in [6.45, 7) is 2.98. The van der Waals surface area contributed by atoms with Crippen LogP contribution in [0.3, 0.4) is 0 Å². The number of hydrogen-bond donors (Lipinski definition) is 1. The van der Waals surface area contributed by atoms with Crippen molar-refractivity contribution in [1.29, 1.82) is 0 Å². The summed E-state index contributed by atoms with van der Waals surface area (Å²) in [4.78, 5) is 40.7. The number of amides is 1. The second-order valence-corrected chi connectivity index (χ2v) is 6.27. The molecule has 0 spiro atoms. The third-order valence-corrected chi connectivity index (χ3v) is 4.55. The van der Waals surface area contributed by atoms with Crippen LogP contribution in [0.4, 0.5) is 5.69 Å². The van der Waals surface area contributed by atoms with Crippen LogP contribution >= 0.6 is 0 Å². The highest BCUT2D eigenvalue weighted by Gasteiger charge is 2.25. The number of ether oxygens (including phenoxy) is 1. The van der Waals surface area contributed by atoms with E-state index in [2.05, 4.69) is 9.88 Å². The van der Waals surface area contributed by atoms with Crippen molar-refractivity contribution < 1.29 is 14.5 Å². The average molecular weight is 372 g/mol. The number of nitro groups is 1. The summed E-state index contributed by atoms with van der Waals surface area (Å²) in [5.74, 6) is 0.320. The number of aromatic nitrogens is 1. The minimum absolute atomic E-state index is 0.201. The first-order valence-electron chi connectivity index (χ1n) is 8.49. The van der Waals surface area contributed by atoms with Gasteiger partial charge in [0.25, 0.3) is 17.2 Å². The van der Waals surface area contributed by atoms with E-state index >= 15 is 0 Å². The number of aromatic amines is 1. The summed E-state index contributed by atoms with van der Waals surface area (Å²) in [5, 5.41) is 10.9. The van der Waals surface area contributed by atoms with E-state index in [-0.39, 0.29) is 11.3 Å². The number of nitrogens with zero attached hydrogens (tertiary/aromatic N) is 3. The molecule has 2 heterocycles. The van der Waals surface area contributed by atoms with Gasteiger partial charge >= 0.3 is 0 Å². The topological polar surface area (TPSA) is 109 Å². The van der Waals surface area contributed by atoms with Crippen LogP contribution in [0.15, 0.2) is 41.3 Å². The summed E-state index contributed by atoms with van der Waals surface area (Å²) < 4.78 is 5.15. The Bertz CT molecular complexity index is 885. The Morgan fingerprint density at radius 3 is 2.48 bits per heavy atom. The summed E-state index contributed by atoms with van der Waals surface area (Å²) in [5.41, 5.74) is 0.0147. The molecule has 0 unspecified atom stereocenters. The van der Waals surface area contributed by atoms with E-state index < -0.39 is 16.4 Å². The number of H-pyrrole nitrogens is 1. The Balaban J connectivity index is 1.61. The zero-order chi connectivity index (χ0) is 19.4. The second kappa shape index (κ2) is 8.00. The molecule has 0 atom stereocenters. The zero-order valence-electron chi connectivity index (χ0n) is 14.9. The molecule has 9 heteroatoms. The molecule has 27 heavy (non-hydrogen) atoms. The van der Waals surface area contributed by atoms with Gasteiger partial charge in [-0.1, -0.05) is 12.1 Å². The lowest BCUT2D eigenvalue weighted by atomic mass is 10.1. The first kappa shape index (κ1) is 18.6. The zero-order valence-corrected chi connectivity index (χ0v) is 14.9. The Labute approximate surface area is 155 Å². The Kier molecular flexibility index (Phi) is 5.51. The van der Waals surface area contributed by atoms with Crippen LogP contribution < -0.4 is 10.3 Å². The Morgan fingerprint density at radius 1 is 1.22 bits per heavy atom. The lowest BCUT2D eigenvalue weighted by molar-refractivity contribution is -0.385. The summed E-state index contributed by atoms with van der Waals surface area (Å²) in [6.07, 6.45) is 0.992. The first-order valence-corrected chi connectivity index (χ1v) is 8.49. The van der Waals surface area contributed by atoms with Crippen LogP contribution in [-0.2, 0) is 6.54 Å². The maximum Gasteiger partial charge on any atom is 0.286 e. The van der Waals surface area contributed by atoms with Gasteiger partial charge in [-0.05, 0) is 17.7 Å². The highest BCUT2D eigenvalue weighted by Crippen LogP contribution is 2.15. The van der Waals surface area contributed by atoms with Crippen molar-refractivity contribution >= 4 is 11.6 Å². The molecule has 0 bridgehead atoms. The predicted molar refractivity (Wildman–Crippen MR) is 97.9 cm³/mol. The van der Waals surface area contributed by atoms with E-state index in [1.165, 1.54) is 0 Å². The Hall–Kier alpha value is -3.20. The molecule has 142 valence electrons. The number of pyridine rings is 1. The van der Waals surface area contributed by atoms with E-state index in [4.69, 9.17) is 4.74 Å². The fraction of sp³-hybridized carbons (Fsp3) is 0.333. The minimum Gasteiger partial charge on any atom is -0.497 e. The predicted octanol–water partition coefficient (Wildman–Crippen LogP) is 1.25. The largest absolute Gasteiger partial charge is 0.497 e. The van der Waals surface area contributed by atoms with Crippen LogP contribution in [0.1, 0.15) is 15.9 Å². The van der Waals surface area contributed by atoms with Gasteiger partial charge in [0, 0.05) is 38.8 Å². The van der Waals surface area contributed by atoms with Crippen molar-refractivity contribution in [1.82, 2.24) is 14.8 Å². The molecule has 1 aromatic heterocycles. The molecule has 0 aliphatic carbocycles. The molecule has 0 saturated carbocycles. The monoisotopic (exact) mass is 372 g/mol. The van der Waals surface area contributed by atoms with Crippen LogP contribution in [0, 0.1) is 10.1 Å². The number of piperazine rings is 1. The van der Waals surface area contributed by atoms with Gasteiger partial charge in [-0.2, -0.15) is 0 Å². The van der Waals surface area contributed by atoms with E-state index in [1.54, 1.807) is 12.0 Å². The average Bonchev–Trinajstić information content (AvgIpc) is 2.69. The minimum atomic E-state index is -0.639. The molecule has 0 radical (unpaired) electrons. The Morgan fingerprint density at radius 2 is 1.89 bits per heavy atom. The van der Waals surface area contributed by atoms with Crippen LogP contribution in [0.25, 0.3) is 0 Å². The number of methoxy groups -OCH3 is 1. The lowest BCUT2D eigenvalue weighted by Crippen LogP contribution is -2.49. The molecule has 1 aliphatic heterocycles. The first-order chi connectivity index (χ1) is 13.0. The number of carbonyl (C=O) groups excluding carboxylic acids is 1. The number of benzene rings is 1. The molecule has 1 aliphatic rings. The van der Waals surface area contributed by atoms with Gasteiger partial charge in [-0.25, -0.2) is 0 Å². The van der Waals surface area contributed by atoms with Crippen molar-refractivity contribution in [3.8, 4) is 5.75 Å². The molecule has 1 saturated heterocycles. The molecule has 3 rings (SSSR count). The fourth-order valence-corrected chi connectivity index (χ4v) is 3.01. The van der Waals surface area contributed by atoms with Gasteiger partial charge < -0.3 is 14.6 Å². The highest BCUT2D eigenvalue weighted by atomic mass is 16.6. The van der Waals surface area contributed by atoms with Gasteiger partial charge in [0.15, 0.2) is 0 Å². The fourth-order valence-electron chi connectivity index (χ4n) is 3.01. The van der Waals surface area contributed by atoms with Gasteiger partial charge in [0.1, 0.15) is 11.3 Å². The molecule has 1 N–H and O–H groups in total. The molecular formula is C18H20N4O5. The van der Waals surface area contributed by atoms with Crippen LogP contribution in [-0.4, -0.2) is 58.9 Å². The number of carbonyl (C=O) groups is 1. The summed E-state index contributed by atoms with van der Waals surface area (Å²) >= 11 is 0. The van der Waals surface area contributed by atoms with Gasteiger partial charge in [0.05, 0.1) is 18.2 Å². The van der Waals surface area contributed by atoms with E-state index in [0.717, 1.165) is 30.1 Å². The molecular weight excluding hydrogens is 352 g/mol. The smallest absolute Gasteiger partial charge is 0.286 e. The van der Waals surface area contributed by atoms with Crippen LogP contribution in [0.2, 0.25) is 0 Å². The van der Waals surface area contributed by atoms with E-state index in [9.17, 15) is 19.7 Å². The molecule has 2 aromatic rings. The normalized spacial score (nSPS) is 14.8. The SMILES string of the molecule is COc1ccc(CN2CCN(C(=O)c3cc([N+](=O)[O-])c[nH]c3=O)CC2)cc1. The molecule has 1 aromatic carbocycles. The maximum atomic E-state index is 12.6. The van der Waals surface area contributed by atoms with E-state index in [1.807, 2.05) is 24.3 Å². The van der Waals surface area contributed by atoms with Gasteiger partial charge in [-0.3, -0.25) is 24.6 Å². The van der Waals surface area contributed by atoms with Gasteiger partial charge in [-0.15, -0.1) is 0 Å². The third-order valence-electron chi connectivity index (χ3n) is 4.55. The lowest BCUT2D eigenvalue weighted by Gasteiger charge is -2.34. The van der Waals surface area contributed by atoms with Crippen molar-refractivity contribution in [3.63, 3.8) is 0 Å². The quantitative estimate of drug-likeness (QED) is 0.625. The summed E-state index contributed by atoms with van der Waals surface area (Å²) in [6, 6.07) is 8.84. The number of hydrogen-bond acceptors (Lipinski definition) is 6. The molecule has 1 fully saturated rings. The van der Waals surface area contributed by atoms with E-state index in [0.29, 0.717) is 26.2 Å². The van der Waals surface area contributed by atoms with Gasteiger partial charge in [0.2, 0.25) is 0 Å². The highest BCUT2D eigenvalue weighted by molar-refractivity contribution is 5.94.